The lowest BCUT2D eigenvalue weighted by molar-refractivity contribution is 0.0767. The van der Waals surface area contributed by atoms with Crippen LogP contribution in [0.2, 0.25) is 0 Å². The highest BCUT2D eigenvalue weighted by atomic mass is 16.5. The molecule has 0 saturated carbocycles. The summed E-state index contributed by atoms with van der Waals surface area (Å²) in [5.74, 6) is 2.75. The number of nitrogens with zero attached hydrogens (tertiary/aromatic N) is 6. The Labute approximate surface area is 211 Å². The summed E-state index contributed by atoms with van der Waals surface area (Å²) >= 11 is 0. The lowest BCUT2D eigenvalue weighted by Gasteiger charge is -2.24. The van der Waals surface area contributed by atoms with Gasteiger partial charge in [0, 0.05) is 37.7 Å². The van der Waals surface area contributed by atoms with Crippen molar-refractivity contribution in [3.63, 3.8) is 0 Å². The van der Waals surface area contributed by atoms with E-state index in [0.717, 1.165) is 53.5 Å². The molecule has 1 aliphatic heterocycles. The first kappa shape index (κ1) is 23.8. The van der Waals surface area contributed by atoms with E-state index in [-0.39, 0.29) is 11.8 Å². The number of hydrogen-bond donors (Lipinski definition) is 0. The number of ether oxygens (including phenoxy) is 1. The first-order valence-corrected chi connectivity index (χ1v) is 12.6. The highest BCUT2D eigenvalue weighted by molar-refractivity contribution is 5.94. The predicted octanol–water partition coefficient (Wildman–Crippen LogP) is 4.69. The third kappa shape index (κ3) is 4.63. The Balaban J connectivity index is 1.45. The molecule has 0 bridgehead atoms. The van der Waals surface area contributed by atoms with Crippen LogP contribution in [0.1, 0.15) is 48.8 Å². The fraction of sp³-hybridized carbons (Fsp3) is 0.357. The molecule has 0 unspecified atom stereocenters. The molecule has 0 radical (unpaired) electrons. The summed E-state index contributed by atoms with van der Waals surface area (Å²) in [6, 6.07) is 17.4. The van der Waals surface area contributed by atoms with Gasteiger partial charge < -0.3 is 14.5 Å². The summed E-state index contributed by atoms with van der Waals surface area (Å²) in [5, 5.41) is 5.61. The molecule has 0 aliphatic carbocycles. The number of methoxy groups -OCH3 is 1. The molecule has 2 aromatic heterocycles. The van der Waals surface area contributed by atoms with Crippen LogP contribution in [0.15, 0.2) is 60.8 Å². The molecule has 1 fully saturated rings. The first-order valence-electron chi connectivity index (χ1n) is 12.6. The SMILES string of the molecule is CC[C@@H](C)c1nc(N2CCCN(C(=O)c3ccc(OC)cc3)CC2)c2cnn(-c3ccccc3)c2n1. The van der Waals surface area contributed by atoms with Crippen LogP contribution in [0.25, 0.3) is 16.7 Å². The largest absolute Gasteiger partial charge is 0.497 e. The van der Waals surface area contributed by atoms with Crippen LogP contribution in [0, 0.1) is 0 Å². The number of benzene rings is 2. The van der Waals surface area contributed by atoms with Crippen molar-refractivity contribution in [2.75, 3.05) is 38.2 Å². The van der Waals surface area contributed by atoms with E-state index >= 15 is 0 Å². The monoisotopic (exact) mass is 484 g/mol. The van der Waals surface area contributed by atoms with Crippen molar-refractivity contribution in [2.45, 2.75) is 32.6 Å². The fourth-order valence-corrected chi connectivity index (χ4v) is 4.56. The Hall–Kier alpha value is -3.94. The summed E-state index contributed by atoms with van der Waals surface area (Å²) in [4.78, 5) is 27.4. The van der Waals surface area contributed by atoms with Crippen molar-refractivity contribution in [3.8, 4) is 11.4 Å². The maximum atomic E-state index is 13.2. The zero-order chi connectivity index (χ0) is 25.1. The summed E-state index contributed by atoms with van der Waals surface area (Å²) in [6.07, 6.45) is 3.68. The van der Waals surface area contributed by atoms with Gasteiger partial charge in [-0.3, -0.25) is 4.79 Å². The maximum absolute atomic E-state index is 13.2. The molecule has 1 saturated heterocycles. The molecular formula is C28H32N6O2. The lowest BCUT2D eigenvalue weighted by atomic mass is 10.1. The van der Waals surface area contributed by atoms with Crippen LogP contribution in [0.4, 0.5) is 5.82 Å². The van der Waals surface area contributed by atoms with Crippen LogP contribution in [-0.2, 0) is 0 Å². The smallest absolute Gasteiger partial charge is 0.253 e. The summed E-state index contributed by atoms with van der Waals surface area (Å²) < 4.78 is 7.12. The van der Waals surface area contributed by atoms with Crippen molar-refractivity contribution in [1.29, 1.82) is 0 Å². The molecule has 0 N–H and O–H groups in total. The van der Waals surface area contributed by atoms with E-state index in [4.69, 9.17) is 14.7 Å². The minimum absolute atomic E-state index is 0.0459. The highest BCUT2D eigenvalue weighted by Crippen LogP contribution is 2.29. The standard InChI is InChI=1S/C28H32N6O2/c1-4-20(2)25-30-26(24-19-29-34(27(24)31-25)22-9-6-5-7-10-22)32-15-8-16-33(18-17-32)28(35)21-11-13-23(36-3)14-12-21/h5-7,9-14,19-20H,4,8,15-18H2,1-3H3/t20-/m1/s1. The molecule has 3 heterocycles. The van der Waals surface area contributed by atoms with Gasteiger partial charge in [0.05, 0.1) is 24.4 Å². The van der Waals surface area contributed by atoms with Crippen LogP contribution < -0.4 is 9.64 Å². The summed E-state index contributed by atoms with van der Waals surface area (Å²) in [5.41, 5.74) is 2.47. The van der Waals surface area contributed by atoms with Crippen LogP contribution >= 0.6 is 0 Å². The quantitative estimate of drug-likeness (QED) is 0.395. The second-order valence-electron chi connectivity index (χ2n) is 9.21. The van der Waals surface area contributed by atoms with E-state index in [2.05, 4.69) is 23.8 Å². The van der Waals surface area contributed by atoms with E-state index in [1.807, 2.05) is 70.4 Å². The van der Waals surface area contributed by atoms with Gasteiger partial charge in [-0.2, -0.15) is 5.10 Å². The zero-order valence-electron chi connectivity index (χ0n) is 21.1. The van der Waals surface area contributed by atoms with E-state index in [1.165, 1.54) is 0 Å². The molecular weight excluding hydrogens is 452 g/mol. The molecule has 4 aromatic rings. The number of anilines is 1. The molecule has 36 heavy (non-hydrogen) atoms. The van der Waals surface area contributed by atoms with Crippen LogP contribution in [0.5, 0.6) is 5.75 Å². The topological polar surface area (TPSA) is 76.4 Å². The lowest BCUT2D eigenvalue weighted by Crippen LogP contribution is -2.35. The first-order chi connectivity index (χ1) is 17.6. The van der Waals surface area contributed by atoms with Crippen molar-refractivity contribution in [1.82, 2.24) is 24.6 Å². The van der Waals surface area contributed by atoms with Crippen LogP contribution in [0.3, 0.4) is 0 Å². The Bertz CT molecular complexity index is 1340. The number of carbonyl (C=O) groups is 1. The molecule has 5 rings (SSSR count). The number of amides is 1. The Morgan fingerprint density at radius 1 is 1.00 bits per heavy atom. The van der Waals surface area contributed by atoms with Crippen LogP contribution in [-0.4, -0.2) is 63.8 Å². The van der Waals surface area contributed by atoms with Crippen molar-refractivity contribution >= 4 is 22.8 Å². The number of aromatic nitrogens is 4. The third-order valence-electron chi connectivity index (χ3n) is 6.90. The molecule has 0 spiro atoms. The zero-order valence-corrected chi connectivity index (χ0v) is 21.1. The molecule has 1 atom stereocenters. The maximum Gasteiger partial charge on any atom is 0.253 e. The van der Waals surface area contributed by atoms with Gasteiger partial charge in [-0.25, -0.2) is 14.6 Å². The summed E-state index contributed by atoms with van der Waals surface area (Å²) in [6.45, 7) is 7.16. The minimum Gasteiger partial charge on any atom is -0.497 e. The second-order valence-corrected chi connectivity index (χ2v) is 9.21. The predicted molar refractivity (Wildman–Crippen MR) is 141 cm³/mol. The van der Waals surface area contributed by atoms with Gasteiger partial charge in [-0.1, -0.05) is 32.0 Å². The third-order valence-corrected chi connectivity index (χ3v) is 6.90. The average Bonchev–Trinajstić information content (AvgIpc) is 3.21. The number of fused-ring (bicyclic) bond motifs is 1. The number of rotatable bonds is 6. The molecule has 1 amide bonds. The van der Waals surface area contributed by atoms with Gasteiger partial charge in [0.1, 0.15) is 17.4 Å². The average molecular weight is 485 g/mol. The Morgan fingerprint density at radius 2 is 1.78 bits per heavy atom. The summed E-state index contributed by atoms with van der Waals surface area (Å²) in [7, 11) is 1.63. The van der Waals surface area contributed by atoms with E-state index in [1.54, 1.807) is 7.11 Å². The fourth-order valence-electron chi connectivity index (χ4n) is 4.56. The van der Waals surface area contributed by atoms with Gasteiger partial charge in [0.2, 0.25) is 0 Å². The molecule has 8 nitrogen and oxygen atoms in total. The Morgan fingerprint density at radius 3 is 2.50 bits per heavy atom. The van der Waals surface area contributed by atoms with E-state index in [9.17, 15) is 4.79 Å². The van der Waals surface area contributed by atoms with E-state index in [0.29, 0.717) is 25.2 Å². The minimum atomic E-state index is 0.0459. The number of para-hydroxylation sites is 1. The highest BCUT2D eigenvalue weighted by Gasteiger charge is 2.25. The van der Waals surface area contributed by atoms with Gasteiger partial charge >= 0.3 is 0 Å². The van der Waals surface area contributed by atoms with Crippen molar-refractivity contribution < 1.29 is 9.53 Å². The number of hydrogen-bond acceptors (Lipinski definition) is 6. The van der Waals surface area contributed by atoms with Gasteiger partial charge in [0.15, 0.2) is 5.65 Å². The number of carbonyl (C=O) groups excluding carboxylic acids is 1. The van der Waals surface area contributed by atoms with Crippen molar-refractivity contribution in [2.24, 2.45) is 0 Å². The van der Waals surface area contributed by atoms with Crippen molar-refractivity contribution in [3.05, 3.63) is 72.2 Å². The normalized spacial score (nSPS) is 15.1. The molecule has 186 valence electrons. The van der Waals surface area contributed by atoms with Gasteiger partial charge in [-0.15, -0.1) is 0 Å². The molecule has 1 aliphatic rings. The molecule has 2 aromatic carbocycles. The Kier molecular flexibility index (Phi) is 6.84. The second kappa shape index (κ2) is 10.4. The van der Waals surface area contributed by atoms with E-state index < -0.39 is 0 Å². The van der Waals surface area contributed by atoms with Gasteiger partial charge in [0.25, 0.3) is 5.91 Å². The van der Waals surface area contributed by atoms with Gasteiger partial charge in [-0.05, 0) is 49.2 Å². The molecule has 8 heteroatoms.